The molecule has 7 heteroatoms. The van der Waals surface area contributed by atoms with E-state index in [9.17, 15) is 14.9 Å². The van der Waals surface area contributed by atoms with Crippen LogP contribution in [-0.4, -0.2) is 30.1 Å². The molecule has 19 heavy (non-hydrogen) atoms. The Kier molecular flexibility index (Phi) is 5.25. The topological polar surface area (TPSA) is 105 Å². The highest BCUT2D eigenvalue weighted by Crippen LogP contribution is 2.27. The summed E-state index contributed by atoms with van der Waals surface area (Å²) in [6.45, 7) is 3.44. The second kappa shape index (κ2) is 6.69. The highest BCUT2D eigenvalue weighted by atomic mass is 16.6. The Morgan fingerprint density at radius 2 is 2.21 bits per heavy atom. The van der Waals surface area contributed by atoms with E-state index in [1.54, 1.807) is 19.9 Å². The predicted molar refractivity (Wildman–Crippen MR) is 67.9 cm³/mol. The van der Waals surface area contributed by atoms with Crippen LogP contribution in [0.15, 0.2) is 18.2 Å². The maximum atomic E-state index is 11.3. The van der Waals surface area contributed by atoms with Crippen molar-refractivity contribution >= 4 is 11.7 Å². The number of rotatable bonds is 6. The van der Waals surface area contributed by atoms with Gasteiger partial charge in [-0.3, -0.25) is 14.9 Å². The van der Waals surface area contributed by atoms with Crippen molar-refractivity contribution in [3.8, 4) is 5.75 Å². The average molecular weight is 268 g/mol. The molecule has 1 rings (SSSR count). The van der Waals surface area contributed by atoms with E-state index < -0.39 is 16.9 Å². The first kappa shape index (κ1) is 14.9. The lowest BCUT2D eigenvalue weighted by molar-refractivity contribution is -0.385. The van der Waals surface area contributed by atoms with Crippen LogP contribution in [0.2, 0.25) is 0 Å². The summed E-state index contributed by atoms with van der Waals surface area (Å²) >= 11 is 0. The van der Waals surface area contributed by atoms with Gasteiger partial charge in [0.15, 0.2) is 5.75 Å². The molecule has 0 aliphatic carbocycles. The van der Waals surface area contributed by atoms with Crippen molar-refractivity contribution < 1.29 is 19.2 Å². The number of nitrogens with zero attached hydrogens (tertiary/aromatic N) is 1. The second-order valence-electron chi connectivity index (χ2n) is 3.90. The Bertz CT molecular complexity index is 475. The van der Waals surface area contributed by atoms with Crippen molar-refractivity contribution in [3.05, 3.63) is 33.9 Å². The molecule has 1 aromatic carbocycles. The van der Waals surface area contributed by atoms with Gasteiger partial charge < -0.3 is 15.2 Å². The van der Waals surface area contributed by atoms with Crippen molar-refractivity contribution in [1.29, 1.82) is 0 Å². The van der Waals surface area contributed by atoms with Crippen LogP contribution in [0, 0.1) is 17.0 Å². The summed E-state index contributed by atoms with van der Waals surface area (Å²) in [6.07, 6.45) is 0. The number of hydrogen-bond acceptors (Lipinski definition) is 6. The molecule has 0 heterocycles. The minimum Gasteiger partial charge on any atom is -0.485 e. The molecule has 0 aliphatic heterocycles. The number of carbonyl (C=O) groups is 1. The molecule has 0 fully saturated rings. The summed E-state index contributed by atoms with van der Waals surface area (Å²) < 4.78 is 9.93. The summed E-state index contributed by atoms with van der Waals surface area (Å²) in [7, 11) is 0. The summed E-state index contributed by atoms with van der Waals surface area (Å²) in [5.41, 5.74) is 6.13. The van der Waals surface area contributed by atoms with E-state index in [0.29, 0.717) is 0 Å². The third-order valence-corrected chi connectivity index (χ3v) is 2.32. The molecule has 2 N–H and O–H groups in total. The molecule has 0 radical (unpaired) electrons. The molecule has 0 bridgehead atoms. The average Bonchev–Trinajstić information content (AvgIpc) is 2.36. The van der Waals surface area contributed by atoms with E-state index in [0.717, 1.165) is 5.56 Å². The summed E-state index contributed by atoms with van der Waals surface area (Å²) in [5, 5.41) is 10.9. The fourth-order valence-corrected chi connectivity index (χ4v) is 1.39. The van der Waals surface area contributed by atoms with E-state index in [1.807, 2.05) is 0 Å². The number of nitro groups is 1. The van der Waals surface area contributed by atoms with Crippen LogP contribution < -0.4 is 10.5 Å². The maximum absolute atomic E-state index is 11.3. The monoisotopic (exact) mass is 268 g/mol. The molecule has 0 aromatic heterocycles. The zero-order chi connectivity index (χ0) is 14.4. The Hall–Kier alpha value is -2.15. The van der Waals surface area contributed by atoms with Gasteiger partial charge in [0.05, 0.1) is 11.5 Å². The van der Waals surface area contributed by atoms with Gasteiger partial charge in [-0.05, 0) is 25.5 Å². The lowest BCUT2D eigenvalue weighted by Gasteiger charge is -2.12. The van der Waals surface area contributed by atoms with E-state index in [-0.39, 0.29) is 24.7 Å². The van der Waals surface area contributed by atoms with E-state index >= 15 is 0 Å². The smallest absolute Gasteiger partial charge is 0.326 e. The standard InChI is InChI=1S/C12H16N2O5/c1-3-18-12(15)9(13)7-19-11-5-4-8(2)6-10(11)14(16)17/h4-6,9H,3,7,13H2,1-2H3. The largest absolute Gasteiger partial charge is 0.485 e. The van der Waals surface area contributed by atoms with Gasteiger partial charge in [-0.2, -0.15) is 0 Å². The minimum absolute atomic E-state index is 0.0790. The first-order valence-corrected chi connectivity index (χ1v) is 5.75. The highest BCUT2D eigenvalue weighted by Gasteiger charge is 2.19. The number of nitro benzene ring substituents is 1. The molecular weight excluding hydrogens is 252 g/mol. The first-order chi connectivity index (χ1) is 8.95. The number of aryl methyl sites for hydroxylation is 1. The lowest BCUT2D eigenvalue weighted by atomic mass is 10.2. The van der Waals surface area contributed by atoms with Crippen molar-refractivity contribution in [2.45, 2.75) is 19.9 Å². The highest BCUT2D eigenvalue weighted by molar-refractivity contribution is 5.75. The molecule has 0 aliphatic rings. The van der Waals surface area contributed by atoms with Gasteiger partial charge in [0.2, 0.25) is 0 Å². The van der Waals surface area contributed by atoms with Gasteiger partial charge in [-0.15, -0.1) is 0 Å². The summed E-state index contributed by atoms with van der Waals surface area (Å²) in [6, 6.07) is 3.58. The number of carbonyl (C=O) groups excluding carboxylic acids is 1. The fraction of sp³-hybridized carbons (Fsp3) is 0.417. The Morgan fingerprint density at radius 1 is 1.53 bits per heavy atom. The van der Waals surface area contributed by atoms with Gasteiger partial charge in [-0.25, -0.2) is 0 Å². The Morgan fingerprint density at radius 3 is 2.79 bits per heavy atom. The SMILES string of the molecule is CCOC(=O)C(N)COc1ccc(C)cc1[N+](=O)[O-]. The lowest BCUT2D eigenvalue weighted by Crippen LogP contribution is -2.37. The normalized spacial score (nSPS) is 11.7. The van der Waals surface area contributed by atoms with Crippen molar-refractivity contribution in [3.63, 3.8) is 0 Å². The Labute approximate surface area is 110 Å². The van der Waals surface area contributed by atoms with Crippen molar-refractivity contribution in [1.82, 2.24) is 0 Å². The molecule has 104 valence electrons. The van der Waals surface area contributed by atoms with E-state index in [2.05, 4.69) is 0 Å². The number of esters is 1. The fourth-order valence-electron chi connectivity index (χ4n) is 1.39. The zero-order valence-electron chi connectivity index (χ0n) is 10.8. The maximum Gasteiger partial charge on any atom is 0.326 e. The van der Waals surface area contributed by atoms with Crippen molar-refractivity contribution in [2.75, 3.05) is 13.2 Å². The summed E-state index contributed by atoms with van der Waals surface area (Å²) in [5.74, 6) is -0.521. The van der Waals surface area contributed by atoms with Crippen LogP contribution >= 0.6 is 0 Å². The van der Waals surface area contributed by atoms with E-state index in [1.165, 1.54) is 12.1 Å². The summed E-state index contributed by atoms with van der Waals surface area (Å²) in [4.78, 5) is 21.6. The van der Waals surface area contributed by atoms with Gasteiger partial charge in [0.1, 0.15) is 12.6 Å². The van der Waals surface area contributed by atoms with Crippen LogP contribution in [0.3, 0.4) is 0 Å². The van der Waals surface area contributed by atoms with Crippen molar-refractivity contribution in [2.24, 2.45) is 5.73 Å². The van der Waals surface area contributed by atoms with Crippen LogP contribution in [0.4, 0.5) is 5.69 Å². The van der Waals surface area contributed by atoms with Crippen LogP contribution in [0.1, 0.15) is 12.5 Å². The number of benzene rings is 1. The molecule has 1 atom stereocenters. The molecule has 1 aromatic rings. The molecule has 7 nitrogen and oxygen atoms in total. The van der Waals surface area contributed by atoms with Crippen LogP contribution in [0.5, 0.6) is 5.75 Å². The molecule has 1 unspecified atom stereocenters. The molecular formula is C12H16N2O5. The third kappa shape index (κ3) is 4.22. The van der Waals surface area contributed by atoms with Crippen LogP contribution in [0.25, 0.3) is 0 Å². The number of nitrogens with two attached hydrogens (primary N) is 1. The van der Waals surface area contributed by atoms with Crippen LogP contribution in [-0.2, 0) is 9.53 Å². The van der Waals surface area contributed by atoms with Gasteiger partial charge in [0, 0.05) is 6.07 Å². The molecule has 0 spiro atoms. The van der Waals surface area contributed by atoms with Gasteiger partial charge in [0.25, 0.3) is 0 Å². The zero-order valence-corrected chi connectivity index (χ0v) is 10.8. The predicted octanol–water partition coefficient (Wildman–Crippen LogP) is 1.17. The quantitative estimate of drug-likeness (QED) is 0.471. The number of ether oxygens (including phenoxy) is 2. The minimum atomic E-state index is -0.971. The Balaban J connectivity index is 2.72. The van der Waals surface area contributed by atoms with E-state index in [4.69, 9.17) is 15.2 Å². The first-order valence-electron chi connectivity index (χ1n) is 5.75. The van der Waals surface area contributed by atoms with Gasteiger partial charge >= 0.3 is 11.7 Å². The second-order valence-corrected chi connectivity index (χ2v) is 3.90. The number of hydrogen-bond donors (Lipinski definition) is 1. The molecule has 0 saturated heterocycles. The molecule has 0 saturated carbocycles. The van der Waals surface area contributed by atoms with Gasteiger partial charge in [-0.1, -0.05) is 6.07 Å². The molecule has 0 amide bonds. The third-order valence-electron chi connectivity index (χ3n) is 2.32.